The summed E-state index contributed by atoms with van der Waals surface area (Å²) in [5.74, 6) is 1.52. The van der Waals surface area contributed by atoms with Crippen LogP contribution in [-0.4, -0.2) is 54.1 Å². The predicted octanol–water partition coefficient (Wildman–Crippen LogP) is 1.46. The lowest BCUT2D eigenvalue weighted by molar-refractivity contribution is 0.291. The topological polar surface area (TPSA) is 58.3 Å². The van der Waals surface area contributed by atoms with Crippen molar-refractivity contribution in [3.63, 3.8) is 0 Å². The highest BCUT2D eigenvalue weighted by molar-refractivity contribution is 5.39. The van der Waals surface area contributed by atoms with Crippen molar-refractivity contribution < 1.29 is 0 Å². The maximum atomic E-state index is 5.59. The second-order valence-corrected chi connectivity index (χ2v) is 5.78. The van der Waals surface area contributed by atoms with Crippen molar-refractivity contribution in [2.24, 2.45) is 5.73 Å². The molecule has 1 fully saturated rings. The highest BCUT2D eigenvalue weighted by atomic mass is 15.2. The summed E-state index contributed by atoms with van der Waals surface area (Å²) in [7, 11) is 0. The number of rotatable bonds is 5. The van der Waals surface area contributed by atoms with Crippen molar-refractivity contribution in [3.05, 3.63) is 18.1 Å². The maximum Gasteiger partial charge on any atom is 0.132 e. The SMILES string of the molecule is CC(C)c1cc(N2CCCN(CCCN)CC2)ncn1. The zero-order valence-electron chi connectivity index (χ0n) is 12.8. The van der Waals surface area contributed by atoms with Gasteiger partial charge in [0.15, 0.2) is 0 Å². The van der Waals surface area contributed by atoms with Crippen LogP contribution in [-0.2, 0) is 0 Å². The van der Waals surface area contributed by atoms with Crippen molar-refractivity contribution in [1.82, 2.24) is 14.9 Å². The molecular weight excluding hydrogens is 250 g/mol. The minimum absolute atomic E-state index is 0.449. The second kappa shape index (κ2) is 7.55. The molecule has 0 saturated carbocycles. The van der Waals surface area contributed by atoms with Crippen LogP contribution in [0.5, 0.6) is 0 Å². The van der Waals surface area contributed by atoms with Crippen LogP contribution in [0.3, 0.4) is 0 Å². The minimum atomic E-state index is 0.449. The van der Waals surface area contributed by atoms with Crippen molar-refractivity contribution in [2.45, 2.75) is 32.6 Å². The van der Waals surface area contributed by atoms with Crippen LogP contribution in [0.2, 0.25) is 0 Å². The van der Waals surface area contributed by atoms with Gasteiger partial charge in [-0.2, -0.15) is 0 Å². The van der Waals surface area contributed by atoms with Gasteiger partial charge in [-0.3, -0.25) is 0 Å². The van der Waals surface area contributed by atoms with Crippen molar-refractivity contribution in [2.75, 3.05) is 44.2 Å². The minimum Gasteiger partial charge on any atom is -0.355 e. The number of hydrogen-bond donors (Lipinski definition) is 1. The van der Waals surface area contributed by atoms with E-state index in [-0.39, 0.29) is 0 Å². The Hall–Kier alpha value is -1.20. The van der Waals surface area contributed by atoms with Crippen LogP contribution in [0.1, 0.15) is 38.3 Å². The highest BCUT2D eigenvalue weighted by Crippen LogP contribution is 2.18. The summed E-state index contributed by atoms with van der Waals surface area (Å²) in [5.41, 5.74) is 6.72. The van der Waals surface area contributed by atoms with Gasteiger partial charge in [-0.05, 0) is 38.4 Å². The molecule has 0 aromatic carbocycles. The summed E-state index contributed by atoms with van der Waals surface area (Å²) < 4.78 is 0. The van der Waals surface area contributed by atoms with E-state index in [2.05, 4.69) is 39.7 Å². The summed E-state index contributed by atoms with van der Waals surface area (Å²) in [6.07, 6.45) is 3.97. The Morgan fingerprint density at radius 3 is 2.80 bits per heavy atom. The first-order valence-electron chi connectivity index (χ1n) is 7.70. The Bertz CT molecular complexity index is 407. The van der Waals surface area contributed by atoms with Crippen LogP contribution in [0, 0.1) is 0 Å². The van der Waals surface area contributed by atoms with Crippen LogP contribution in [0.15, 0.2) is 12.4 Å². The molecule has 1 aromatic heterocycles. The quantitative estimate of drug-likeness (QED) is 0.883. The predicted molar refractivity (Wildman–Crippen MR) is 83.1 cm³/mol. The van der Waals surface area contributed by atoms with Gasteiger partial charge in [0.05, 0.1) is 0 Å². The fourth-order valence-corrected chi connectivity index (χ4v) is 2.59. The molecule has 1 aliphatic rings. The molecule has 0 unspecified atom stereocenters. The molecule has 5 nitrogen and oxygen atoms in total. The number of aromatic nitrogens is 2. The van der Waals surface area contributed by atoms with E-state index in [1.807, 2.05) is 0 Å². The summed E-state index contributed by atoms with van der Waals surface area (Å²) in [4.78, 5) is 13.7. The van der Waals surface area contributed by atoms with E-state index in [1.54, 1.807) is 6.33 Å². The molecule has 0 amide bonds. The molecule has 0 spiro atoms. The van der Waals surface area contributed by atoms with Gasteiger partial charge in [-0.1, -0.05) is 13.8 Å². The average molecular weight is 277 g/mol. The van der Waals surface area contributed by atoms with Gasteiger partial charge in [-0.15, -0.1) is 0 Å². The lowest BCUT2D eigenvalue weighted by Gasteiger charge is -2.23. The standard InChI is InChI=1S/C15H27N5/c1-13(2)14-11-15(18-12-17-14)20-8-4-7-19(9-10-20)6-3-5-16/h11-13H,3-10,16H2,1-2H3. The lowest BCUT2D eigenvalue weighted by Crippen LogP contribution is -2.32. The van der Waals surface area contributed by atoms with Crippen molar-refractivity contribution in [1.29, 1.82) is 0 Å². The maximum absolute atomic E-state index is 5.59. The fourth-order valence-electron chi connectivity index (χ4n) is 2.59. The van der Waals surface area contributed by atoms with Gasteiger partial charge in [0.1, 0.15) is 12.1 Å². The molecule has 5 heteroatoms. The van der Waals surface area contributed by atoms with E-state index < -0.39 is 0 Å². The van der Waals surface area contributed by atoms with Gasteiger partial charge in [0.2, 0.25) is 0 Å². The van der Waals surface area contributed by atoms with Gasteiger partial charge in [-0.25, -0.2) is 9.97 Å². The average Bonchev–Trinajstić information content (AvgIpc) is 2.70. The smallest absolute Gasteiger partial charge is 0.132 e. The number of hydrogen-bond acceptors (Lipinski definition) is 5. The Labute approximate surface area is 122 Å². The lowest BCUT2D eigenvalue weighted by atomic mass is 10.1. The molecule has 0 radical (unpaired) electrons. The van der Waals surface area contributed by atoms with Crippen molar-refractivity contribution in [3.8, 4) is 0 Å². The van der Waals surface area contributed by atoms with Crippen molar-refractivity contribution >= 4 is 5.82 Å². The molecule has 20 heavy (non-hydrogen) atoms. The third-order valence-corrected chi connectivity index (χ3v) is 3.86. The largest absolute Gasteiger partial charge is 0.355 e. The fraction of sp³-hybridized carbons (Fsp3) is 0.733. The first-order valence-corrected chi connectivity index (χ1v) is 7.70. The summed E-state index contributed by atoms with van der Waals surface area (Å²) >= 11 is 0. The molecule has 1 aliphatic heterocycles. The van der Waals surface area contributed by atoms with Gasteiger partial charge >= 0.3 is 0 Å². The monoisotopic (exact) mass is 277 g/mol. The van der Waals surface area contributed by atoms with E-state index in [9.17, 15) is 0 Å². The number of anilines is 1. The van der Waals surface area contributed by atoms with E-state index in [4.69, 9.17) is 5.73 Å². The molecular formula is C15H27N5. The molecule has 2 heterocycles. The number of nitrogens with zero attached hydrogens (tertiary/aromatic N) is 4. The second-order valence-electron chi connectivity index (χ2n) is 5.78. The van der Waals surface area contributed by atoms with Crippen LogP contribution in [0.25, 0.3) is 0 Å². The Morgan fingerprint density at radius 2 is 2.05 bits per heavy atom. The molecule has 0 bridgehead atoms. The summed E-state index contributed by atoms with van der Waals surface area (Å²) in [6.45, 7) is 10.6. The summed E-state index contributed by atoms with van der Waals surface area (Å²) in [5, 5.41) is 0. The molecule has 1 aromatic rings. The van der Waals surface area contributed by atoms with Crippen LogP contribution >= 0.6 is 0 Å². The zero-order chi connectivity index (χ0) is 14.4. The first kappa shape index (κ1) is 15.2. The van der Waals surface area contributed by atoms with E-state index in [0.29, 0.717) is 5.92 Å². The molecule has 112 valence electrons. The Kier molecular flexibility index (Phi) is 5.73. The molecule has 0 aliphatic carbocycles. The van der Waals surface area contributed by atoms with E-state index in [0.717, 1.165) is 50.7 Å². The van der Waals surface area contributed by atoms with Gasteiger partial charge in [0.25, 0.3) is 0 Å². The molecule has 1 saturated heterocycles. The first-order chi connectivity index (χ1) is 9.70. The van der Waals surface area contributed by atoms with E-state index >= 15 is 0 Å². The Morgan fingerprint density at radius 1 is 1.20 bits per heavy atom. The highest BCUT2D eigenvalue weighted by Gasteiger charge is 2.16. The third-order valence-electron chi connectivity index (χ3n) is 3.86. The zero-order valence-corrected chi connectivity index (χ0v) is 12.8. The third kappa shape index (κ3) is 4.15. The van der Waals surface area contributed by atoms with E-state index in [1.165, 1.54) is 13.0 Å². The van der Waals surface area contributed by atoms with Crippen LogP contribution < -0.4 is 10.6 Å². The molecule has 0 atom stereocenters. The van der Waals surface area contributed by atoms with Gasteiger partial charge in [0, 0.05) is 31.4 Å². The van der Waals surface area contributed by atoms with Gasteiger partial charge < -0.3 is 15.5 Å². The van der Waals surface area contributed by atoms with Crippen LogP contribution in [0.4, 0.5) is 5.82 Å². The normalized spacial score (nSPS) is 17.5. The Balaban J connectivity index is 1.97. The molecule has 2 rings (SSSR count). The number of nitrogens with two attached hydrogens (primary N) is 1. The molecule has 2 N–H and O–H groups in total. The summed E-state index contributed by atoms with van der Waals surface area (Å²) in [6, 6.07) is 2.14.